The van der Waals surface area contributed by atoms with Crippen LogP contribution in [0.4, 0.5) is 23.7 Å². The van der Waals surface area contributed by atoms with Crippen LogP contribution in [0.5, 0.6) is 5.75 Å². The number of benzene rings is 2. The second kappa shape index (κ2) is 6.44. The highest BCUT2D eigenvalue weighted by Crippen LogP contribution is 2.49. The van der Waals surface area contributed by atoms with Gasteiger partial charge in [0.25, 0.3) is 5.66 Å². The van der Waals surface area contributed by atoms with Gasteiger partial charge < -0.3 is 10.1 Å². The second-order valence-electron chi connectivity index (χ2n) is 6.40. The van der Waals surface area contributed by atoms with Crippen molar-refractivity contribution in [1.82, 2.24) is 5.32 Å². The zero-order valence-electron chi connectivity index (χ0n) is 15.0. The lowest BCUT2D eigenvalue weighted by Crippen LogP contribution is -2.62. The Morgan fingerprint density at radius 1 is 1.21 bits per heavy atom. The van der Waals surface area contributed by atoms with E-state index < -0.39 is 17.9 Å². The molecule has 4 rings (SSSR count). The van der Waals surface area contributed by atoms with E-state index in [2.05, 4.69) is 10.3 Å². The number of hydrogen-bond donors (Lipinski definition) is 1. The predicted octanol–water partition coefficient (Wildman–Crippen LogP) is 4.80. The van der Waals surface area contributed by atoms with E-state index in [0.717, 1.165) is 22.2 Å². The summed E-state index contributed by atoms with van der Waals surface area (Å²) in [7, 11) is 0. The molecule has 0 saturated heterocycles. The molecule has 0 aliphatic carbocycles. The van der Waals surface area contributed by atoms with Gasteiger partial charge >= 0.3 is 12.2 Å². The third-order valence-corrected chi connectivity index (χ3v) is 5.51. The zero-order valence-corrected chi connectivity index (χ0v) is 15.8. The number of thioether (sulfide) groups is 1. The fraction of sp³-hybridized carbons (Fsp3) is 0.263. The van der Waals surface area contributed by atoms with Gasteiger partial charge in [-0.25, -0.2) is 14.7 Å². The molecule has 2 aliphatic heterocycles. The molecule has 2 aliphatic rings. The van der Waals surface area contributed by atoms with Crippen molar-refractivity contribution in [1.29, 1.82) is 0 Å². The molecule has 28 heavy (non-hydrogen) atoms. The number of fused-ring (bicyclic) bond motifs is 3. The molecule has 1 unspecified atom stereocenters. The number of anilines is 1. The van der Waals surface area contributed by atoms with Crippen LogP contribution in [-0.2, 0) is 5.66 Å². The molecule has 1 atom stereocenters. The van der Waals surface area contributed by atoms with Crippen LogP contribution < -0.4 is 15.0 Å². The van der Waals surface area contributed by atoms with Crippen LogP contribution in [-0.4, -0.2) is 24.0 Å². The highest BCUT2D eigenvalue weighted by Gasteiger charge is 2.61. The number of amides is 2. The van der Waals surface area contributed by atoms with Gasteiger partial charge in [-0.15, -0.1) is 0 Å². The van der Waals surface area contributed by atoms with E-state index in [-0.39, 0.29) is 10.7 Å². The number of nitrogens with one attached hydrogen (secondary N) is 1. The summed E-state index contributed by atoms with van der Waals surface area (Å²) >= 11 is 1.02. The molecular weight excluding hydrogens is 391 g/mol. The number of amidine groups is 1. The SMILES string of the molecule is CCOc1ccc2c(c1)SC1=NC(c3ccc(C)cc3)(C(F)(F)F)NC(=O)N12. The van der Waals surface area contributed by atoms with Crippen LogP contribution in [0, 0.1) is 6.92 Å². The first-order chi connectivity index (χ1) is 13.2. The van der Waals surface area contributed by atoms with Crippen molar-refractivity contribution in [2.45, 2.75) is 30.6 Å². The number of alkyl halides is 3. The summed E-state index contributed by atoms with van der Waals surface area (Å²) in [6.45, 7) is 4.07. The fourth-order valence-electron chi connectivity index (χ4n) is 3.14. The number of carbonyl (C=O) groups is 1. The summed E-state index contributed by atoms with van der Waals surface area (Å²) in [5, 5.41) is 2.06. The number of nitrogens with zero attached hydrogens (tertiary/aromatic N) is 2. The van der Waals surface area contributed by atoms with E-state index in [9.17, 15) is 18.0 Å². The number of urea groups is 1. The molecule has 0 bridgehead atoms. The molecular formula is C19H16F3N3O2S. The highest BCUT2D eigenvalue weighted by atomic mass is 32.2. The average Bonchev–Trinajstić information content (AvgIpc) is 2.99. The van der Waals surface area contributed by atoms with Gasteiger partial charge in [0, 0.05) is 10.5 Å². The molecule has 0 fully saturated rings. The van der Waals surface area contributed by atoms with Crippen LogP contribution in [0.15, 0.2) is 52.4 Å². The molecule has 9 heteroatoms. The van der Waals surface area contributed by atoms with Crippen molar-refractivity contribution in [3.63, 3.8) is 0 Å². The monoisotopic (exact) mass is 407 g/mol. The predicted molar refractivity (Wildman–Crippen MR) is 101 cm³/mol. The van der Waals surface area contributed by atoms with Crippen LogP contribution in [0.2, 0.25) is 0 Å². The third kappa shape index (κ3) is 2.81. The summed E-state index contributed by atoms with van der Waals surface area (Å²) in [5.74, 6) is 0.579. The van der Waals surface area contributed by atoms with Gasteiger partial charge in [-0.3, -0.25) is 0 Å². The summed E-state index contributed by atoms with van der Waals surface area (Å²) in [6, 6.07) is 9.92. The van der Waals surface area contributed by atoms with E-state index in [4.69, 9.17) is 4.74 Å². The number of carbonyl (C=O) groups excluding carboxylic acids is 1. The van der Waals surface area contributed by atoms with E-state index in [1.165, 1.54) is 12.1 Å². The van der Waals surface area contributed by atoms with Crippen LogP contribution >= 0.6 is 11.8 Å². The number of aryl methyl sites for hydroxylation is 1. The maximum atomic E-state index is 14.1. The van der Waals surface area contributed by atoms with E-state index >= 15 is 0 Å². The van der Waals surface area contributed by atoms with Gasteiger partial charge in [0.05, 0.1) is 12.3 Å². The fourth-order valence-corrected chi connectivity index (χ4v) is 4.24. The average molecular weight is 407 g/mol. The molecule has 1 N–H and O–H groups in total. The second-order valence-corrected chi connectivity index (χ2v) is 7.41. The molecule has 2 heterocycles. The Bertz CT molecular complexity index is 975. The Morgan fingerprint density at radius 2 is 1.93 bits per heavy atom. The Kier molecular flexibility index (Phi) is 4.29. The highest BCUT2D eigenvalue weighted by molar-refractivity contribution is 8.15. The number of halogens is 3. The standard InChI is InChI=1S/C19H16F3N3O2S/c1-3-27-13-8-9-14-15(10-13)28-17-24-18(19(20,21)22,23-16(26)25(14)17)12-6-4-11(2)5-7-12/h4-10H,3H2,1-2H3,(H,23,26). The molecule has 2 aromatic carbocycles. The first kappa shape index (κ1) is 18.7. The lowest BCUT2D eigenvalue weighted by molar-refractivity contribution is -0.195. The minimum atomic E-state index is -4.82. The van der Waals surface area contributed by atoms with E-state index in [1.807, 2.05) is 6.92 Å². The van der Waals surface area contributed by atoms with Gasteiger partial charge in [0.2, 0.25) is 0 Å². The van der Waals surface area contributed by atoms with E-state index in [1.54, 1.807) is 37.3 Å². The lowest BCUT2D eigenvalue weighted by Gasteiger charge is -2.38. The van der Waals surface area contributed by atoms with Crippen LogP contribution in [0.25, 0.3) is 0 Å². The van der Waals surface area contributed by atoms with Crippen LogP contribution in [0.3, 0.4) is 0 Å². The van der Waals surface area contributed by atoms with Crippen molar-refractivity contribution in [3.05, 3.63) is 53.6 Å². The van der Waals surface area contributed by atoms with Crippen molar-refractivity contribution < 1.29 is 22.7 Å². The first-order valence-corrected chi connectivity index (χ1v) is 9.37. The summed E-state index contributed by atoms with van der Waals surface area (Å²) in [5.41, 5.74) is -1.69. The quantitative estimate of drug-likeness (QED) is 0.795. The molecule has 2 amide bonds. The van der Waals surface area contributed by atoms with Gasteiger partial charge in [0.15, 0.2) is 5.17 Å². The first-order valence-electron chi connectivity index (χ1n) is 8.56. The molecule has 0 aromatic heterocycles. The Balaban J connectivity index is 1.83. The zero-order chi connectivity index (χ0) is 20.1. The Hall–Kier alpha value is -2.68. The van der Waals surface area contributed by atoms with Crippen molar-refractivity contribution >= 4 is 28.6 Å². The normalized spacial score (nSPS) is 21.0. The van der Waals surface area contributed by atoms with Crippen molar-refractivity contribution in [3.8, 4) is 5.75 Å². The van der Waals surface area contributed by atoms with Gasteiger partial charge in [-0.1, -0.05) is 29.8 Å². The molecule has 146 valence electrons. The smallest absolute Gasteiger partial charge is 0.436 e. The number of ether oxygens (including phenoxy) is 1. The van der Waals surface area contributed by atoms with Crippen LogP contribution in [0.1, 0.15) is 18.1 Å². The van der Waals surface area contributed by atoms with Gasteiger partial charge in [-0.05, 0) is 43.8 Å². The number of hydrogen-bond acceptors (Lipinski definition) is 4. The van der Waals surface area contributed by atoms with Gasteiger partial charge in [0.1, 0.15) is 5.75 Å². The number of rotatable bonds is 3. The Labute approximate surface area is 163 Å². The maximum Gasteiger partial charge on any atom is 0.436 e. The summed E-state index contributed by atoms with van der Waals surface area (Å²) < 4.78 is 47.8. The van der Waals surface area contributed by atoms with Crippen molar-refractivity contribution in [2.24, 2.45) is 4.99 Å². The largest absolute Gasteiger partial charge is 0.494 e. The third-order valence-electron chi connectivity index (χ3n) is 4.51. The summed E-state index contributed by atoms with van der Waals surface area (Å²) in [4.78, 5) is 18.5. The minimum Gasteiger partial charge on any atom is -0.494 e. The topological polar surface area (TPSA) is 53.9 Å². The molecule has 0 spiro atoms. The molecule has 2 aromatic rings. The maximum absolute atomic E-state index is 14.1. The minimum absolute atomic E-state index is 0.0229. The van der Waals surface area contributed by atoms with E-state index in [0.29, 0.717) is 22.9 Å². The molecule has 5 nitrogen and oxygen atoms in total. The lowest BCUT2D eigenvalue weighted by atomic mass is 9.97. The molecule has 0 radical (unpaired) electrons. The molecule has 0 saturated carbocycles. The Morgan fingerprint density at radius 3 is 2.57 bits per heavy atom. The van der Waals surface area contributed by atoms with Gasteiger partial charge in [-0.2, -0.15) is 13.2 Å². The van der Waals surface area contributed by atoms with Crippen molar-refractivity contribution in [2.75, 3.05) is 11.5 Å². The number of aliphatic imine (C=N–C) groups is 1. The summed E-state index contributed by atoms with van der Waals surface area (Å²) in [6.07, 6.45) is -4.82.